The molecule has 2 N–H and O–H groups in total. The van der Waals surface area contributed by atoms with E-state index in [1.165, 1.54) is 17.3 Å². The normalized spacial score (nSPS) is 11.2. The van der Waals surface area contributed by atoms with Gasteiger partial charge >= 0.3 is 0 Å². The summed E-state index contributed by atoms with van der Waals surface area (Å²) in [5.74, 6) is 1.69. The van der Waals surface area contributed by atoms with Gasteiger partial charge < -0.3 is 10.5 Å². The zero-order valence-corrected chi connectivity index (χ0v) is 10.9. The molecule has 0 bridgehead atoms. The zero-order valence-electron chi connectivity index (χ0n) is 10.1. The van der Waals surface area contributed by atoms with Gasteiger partial charge in [-0.15, -0.1) is 6.58 Å². The molecule has 17 heavy (non-hydrogen) atoms. The van der Waals surface area contributed by atoms with Crippen molar-refractivity contribution < 1.29 is 4.74 Å². The summed E-state index contributed by atoms with van der Waals surface area (Å²) in [6, 6.07) is 7.99. The third-order valence-corrected chi connectivity index (χ3v) is 2.76. The maximum atomic E-state index is 5.67. The van der Waals surface area contributed by atoms with Gasteiger partial charge in [-0.1, -0.05) is 30.0 Å². The van der Waals surface area contributed by atoms with Crippen LogP contribution in [0.4, 0.5) is 0 Å². The van der Waals surface area contributed by atoms with E-state index in [2.05, 4.69) is 11.6 Å². The third-order valence-electron chi connectivity index (χ3n) is 1.97. The van der Waals surface area contributed by atoms with Gasteiger partial charge in [0.25, 0.3) is 0 Å². The van der Waals surface area contributed by atoms with Gasteiger partial charge in [-0.2, -0.15) is 0 Å². The lowest BCUT2D eigenvalue weighted by Gasteiger charge is -2.06. The van der Waals surface area contributed by atoms with Gasteiger partial charge in [-0.05, 0) is 24.6 Å². The highest BCUT2D eigenvalue weighted by Gasteiger charge is 1.96. The van der Waals surface area contributed by atoms with Crippen LogP contribution in [0.3, 0.4) is 0 Å². The number of ether oxygens (including phenoxy) is 1. The van der Waals surface area contributed by atoms with E-state index in [9.17, 15) is 0 Å². The molecular weight excluding hydrogens is 232 g/mol. The molecule has 0 unspecified atom stereocenters. The van der Waals surface area contributed by atoms with Crippen molar-refractivity contribution in [2.24, 2.45) is 10.7 Å². The van der Waals surface area contributed by atoms with Crippen molar-refractivity contribution in [2.75, 3.05) is 18.9 Å². The molecule has 0 aliphatic rings. The van der Waals surface area contributed by atoms with Gasteiger partial charge in [-0.3, -0.25) is 4.99 Å². The molecule has 0 atom stereocenters. The van der Waals surface area contributed by atoms with Crippen LogP contribution in [-0.2, 0) is 0 Å². The Bertz CT molecular complexity index is 391. The number of benzene rings is 1. The molecule has 0 saturated heterocycles. The lowest BCUT2D eigenvalue weighted by Crippen LogP contribution is -2.10. The zero-order chi connectivity index (χ0) is 12.5. The minimum Gasteiger partial charge on any atom is -0.493 e. The minimum absolute atomic E-state index is 0.567. The molecule has 92 valence electrons. The SMILES string of the molecule is C=CCN=C(N)SCCOc1cccc(C)c1. The Kier molecular flexibility index (Phi) is 6.25. The Labute approximate surface area is 107 Å². The van der Waals surface area contributed by atoms with Gasteiger partial charge in [0, 0.05) is 5.75 Å². The summed E-state index contributed by atoms with van der Waals surface area (Å²) in [6.07, 6.45) is 1.72. The van der Waals surface area contributed by atoms with Crippen LogP contribution in [0.15, 0.2) is 41.9 Å². The molecule has 0 spiro atoms. The highest BCUT2D eigenvalue weighted by Crippen LogP contribution is 2.12. The molecule has 1 aromatic carbocycles. The van der Waals surface area contributed by atoms with Crippen LogP contribution in [0.25, 0.3) is 0 Å². The van der Waals surface area contributed by atoms with Gasteiger partial charge in [0.05, 0.1) is 13.2 Å². The molecule has 0 radical (unpaired) electrons. The quantitative estimate of drug-likeness (QED) is 0.365. The fourth-order valence-corrected chi connectivity index (χ4v) is 1.75. The highest BCUT2D eigenvalue weighted by atomic mass is 32.2. The summed E-state index contributed by atoms with van der Waals surface area (Å²) in [7, 11) is 0. The first-order valence-corrected chi connectivity index (χ1v) is 6.44. The second-order valence-corrected chi connectivity index (χ2v) is 4.60. The van der Waals surface area contributed by atoms with Crippen LogP contribution in [0, 0.1) is 6.92 Å². The van der Waals surface area contributed by atoms with E-state index in [-0.39, 0.29) is 0 Å². The van der Waals surface area contributed by atoms with Crippen LogP contribution in [-0.4, -0.2) is 24.1 Å². The minimum atomic E-state index is 0.567. The van der Waals surface area contributed by atoms with Crippen LogP contribution < -0.4 is 10.5 Å². The number of thioether (sulfide) groups is 1. The van der Waals surface area contributed by atoms with E-state index in [1.54, 1.807) is 6.08 Å². The average molecular weight is 250 g/mol. The molecule has 0 saturated carbocycles. The lowest BCUT2D eigenvalue weighted by atomic mass is 10.2. The van der Waals surface area contributed by atoms with Gasteiger partial charge in [0.2, 0.25) is 0 Å². The lowest BCUT2D eigenvalue weighted by molar-refractivity contribution is 0.344. The van der Waals surface area contributed by atoms with Crippen molar-refractivity contribution >= 4 is 16.9 Å². The molecular formula is C13H18N2OS. The van der Waals surface area contributed by atoms with E-state index in [0.29, 0.717) is 18.3 Å². The Balaban J connectivity index is 2.22. The maximum Gasteiger partial charge on any atom is 0.154 e. The summed E-state index contributed by atoms with van der Waals surface area (Å²) < 4.78 is 5.59. The molecule has 0 aromatic heterocycles. The molecule has 3 nitrogen and oxygen atoms in total. The summed E-state index contributed by atoms with van der Waals surface area (Å²) in [6.45, 7) is 6.81. The monoisotopic (exact) mass is 250 g/mol. The number of hydrogen-bond donors (Lipinski definition) is 1. The van der Waals surface area contributed by atoms with E-state index in [1.807, 2.05) is 31.2 Å². The van der Waals surface area contributed by atoms with Crippen molar-refractivity contribution in [3.05, 3.63) is 42.5 Å². The number of rotatable bonds is 6. The number of nitrogens with two attached hydrogens (primary N) is 1. The fourth-order valence-electron chi connectivity index (χ4n) is 1.21. The molecule has 1 rings (SSSR count). The number of aryl methyl sites for hydroxylation is 1. The largest absolute Gasteiger partial charge is 0.493 e. The second-order valence-electron chi connectivity index (χ2n) is 3.48. The Hall–Kier alpha value is -1.42. The first-order chi connectivity index (χ1) is 8.22. The molecule has 0 fully saturated rings. The number of aliphatic imine (C=N–C) groups is 1. The fraction of sp³-hybridized carbons (Fsp3) is 0.308. The molecule has 0 amide bonds. The molecule has 0 heterocycles. The van der Waals surface area contributed by atoms with Crippen LogP contribution >= 0.6 is 11.8 Å². The van der Waals surface area contributed by atoms with E-state index in [4.69, 9.17) is 10.5 Å². The predicted octanol–water partition coefficient (Wildman–Crippen LogP) is 2.61. The first kappa shape index (κ1) is 13.6. The van der Waals surface area contributed by atoms with E-state index in [0.717, 1.165) is 11.5 Å². The van der Waals surface area contributed by atoms with Crippen molar-refractivity contribution in [3.8, 4) is 5.75 Å². The van der Waals surface area contributed by atoms with Crippen molar-refractivity contribution in [2.45, 2.75) is 6.92 Å². The summed E-state index contributed by atoms with van der Waals surface area (Å²) >= 11 is 1.49. The first-order valence-electron chi connectivity index (χ1n) is 5.45. The van der Waals surface area contributed by atoms with Crippen LogP contribution in [0.1, 0.15) is 5.56 Å². The van der Waals surface area contributed by atoms with Crippen LogP contribution in [0.2, 0.25) is 0 Å². The highest BCUT2D eigenvalue weighted by molar-refractivity contribution is 8.13. The molecule has 1 aromatic rings. The van der Waals surface area contributed by atoms with E-state index >= 15 is 0 Å². The standard InChI is InChI=1S/C13H18N2OS/c1-3-7-15-13(14)17-9-8-16-12-6-4-5-11(2)10-12/h3-6,10H,1,7-9H2,2H3,(H2,14,15). The third kappa shape index (κ3) is 6.02. The molecule has 0 aliphatic heterocycles. The van der Waals surface area contributed by atoms with Gasteiger partial charge in [-0.25, -0.2) is 0 Å². The average Bonchev–Trinajstić information content (AvgIpc) is 2.32. The second kappa shape index (κ2) is 7.79. The van der Waals surface area contributed by atoms with Gasteiger partial charge in [0.15, 0.2) is 5.17 Å². The topological polar surface area (TPSA) is 47.6 Å². The Morgan fingerprint density at radius 1 is 1.59 bits per heavy atom. The Morgan fingerprint density at radius 2 is 2.41 bits per heavy atom. The Morgan fingerprint density at radius 3 is 3.12 bits per heavy atom. The molecule has 4 heteroatoms. The number of nitrogens with zero attached hydrogens (tertiary/aromatic N) is 1. The van der Waals surface area contributed by atoms with Crippen LogP contribution in [0.5, 0.6) is 5.75 Å². The van der Waals surface area contributed by atoms with E-state index < -0.39 is 0 Å². The maximum absolute atomic E-state index is 5.67. The van der Waals surface area contributed by atoms with Crippen molar-refractivity contribution in [3.63, 3.8) is 0 Å². The summed E-state index contributed by atoms with van der Waals surface area (Å²) in [4.78, 5) is 4.09. The summed E-state index contributed by atoms with van der Waals surface area (Å²) in [5, 5.41) is 0.581. The predicted molar refractivity (Wildman–Crippen MR) is 75.8 cm³/mol. The summed E-state index contributed by atoms with van der Waals surface area (Å²) in [5.41, 5.74) is 6.87. The molecule has 0 aliphatic carbocycles. The van der Waals surface area contributed by atoms with Gasteiger partial charge in [0.1, 0.15) is 5.75 Å². The smallest absolute Gasteiger partial charge is 0.154 e. The number of hydrogen-bond acceptors (Lipinski definition) is 3. The van der Waals surface area contributed by atoms with Crippen molar-refractivity contribution in [1.82, 2.24) is 0 Å². The van der Waals surface area contributed by atoms with Crippen molar-refractivity contribution in [1.29, 1.82) is 0 Å². The number of amidine groups is 1.